The van der Waals surface area contributed by atoms with Crippen molar-refractivity contribution in [2.24, 2.45) is 0 Å². The first kappa shape index (κ1) is 23.2. The Labute approximate surface area is 185 Å². The predicted octanol–water partition coefficient (Wildman–Crippen LogP) is 2.58. The molecular weight excluding hydrogens is 414 g/mol. The van der Waals surface area contributed by atoms with Gasteiger partial charge in [0.15, 0.2) is 0 Å². The van der Waals surface area contributed by atoms with Crippen molar-refractivity contribution in [3.63, 3.8) is 0 Å². The van der Waals surface area contributed by atoms with Gasteiger partial charge in [0, 0.05) is 13.1 Å². The first-order valence-corrected chi connectivity index (χ1v) is 11.8. The van der Waals surface area contributed by atoms with Gasteiger partial charge >= 0.3 is 0 Å². The predicted molar refractivity (Wildman–Crippen MR) is 121 cm³/mol. The number of nitrogens with zero attached hydrogens (tertiary/aromatic N) is 2. The summed E-state index contributed by atoms with van der Waals surface area (Å²) in [6, 6.07) is 13.7. The van der Waals surface area contributed by atoms with Gasteiger partial charge in [0.2, 0.25) is 15.9 Å². The summed E-state index contributed by atoms with van der Waals surface area (Å²) in [4.78, 5) is 15.2. The number of benzene rings is 2. The van der Waals surface area contributed by atoms with Gasteiger partial charge in [-0.2, -0.15) is 4.31 Å². The molecule has 1 aliphatic heterocycles. The monoisotopic (exact) mass is 445 g/mol. The zero-order valence-electron chi connectivity index (χ0n) is 18.5. The van der Waals surface area contributed by atoms with Gasteiger partial charge < -0.3 is 15.0 Å². The van der Waals surface area contributed by atoms with Crippen LogP contribution in [0.5, 0.6) is 5.75 Å². The Morgan fingerprint density at radius 3 is 2.39 bits per heavy atom. The molecular formula is C23H31N3O4S. The highest BCUT2D eigenvalue weighted by molar-refractivity contribution is 7.89. The maximum Gasteiger partial charge on any atom is 0.243 e. The second-order valence-corrected chi connectivity index (χ2v) is 9.98. The molecule has 31 heavy (non-hydrogen) atoms. The summed E-state index contributed by atoms with van der Waals surface area (Å²) in [7, 11) is 1.80. The summed E-state index contributed by atoms with van der Waals surface area (Å²) < 4.78 is 32.8. The van der Waals surface area contributed by atoms with Crippen LogP contribution < -0.4 is 10.1 Å². The van der Waals surface area contributed by atoms with Crippen molar-refractivity contribution in [3.05, 3.63) is 59.7 Å². The SMILES string of the molecule is COc1ccc(C(CNC(=O)[C@@H]2CCCN2S(=O)(=O)c2ccc(C)cc2)N(C)C)cc1. The van der Waals surface area contributed by atoms with Crippen LogP contribution in [0.2, 0.25) is 0 Å². The molecule has 1 saturated heterocycles. The molecule has 0 radical (unpaired) electrons. The normalized spacial score (nSPS) is 18.2. The molecule has 2 aromatic rings. The maximum absolute atomic E-state index is 13.1. The van der Waals surface area contributed by atoms with Crippen molar-refractivity contribution in [2.45, 2.75) is 36.7 Å². The molecule has 0 aromatic heterocycles. The number of sulfonamides is 1. The number of methoxy groups -OCH3 is 1. The topological polar surface area (TPSA) is 79.0 Å². The van der Waals surface area contributed by atoms with Crippen LogP contribution in [0.3, 0.4) is 0 Å². The Morgan fingerprint density at radius 1 is 1.16 bits per heavy atom. The molecule has 1 aliphatic rings. The van der Waals surface area contributed by atoms with Crippen LogP contribution in [0.1, 0.15) is 30.0 Å². The van der Waals surface area contributed by atoms with Crippen molar-refractivity contribution in [1.29, 1.82) is 0 Å². The number of carbonyl (C=O) groups is 1. The molecule has 0 bridgehead atoms. The van der Waals surface area contributed by atoms with Crippen LogP contribution >= 0.6 is 0 Å². The number of nitrogens with one attached hydrogen (secondary N) is 1. The molecule has 1 heterocycles. The summed E-state index contributed by atoms with van der Waals surface area (Å²) in [5.74, 6) is 0.516. The summed E-state index contributed by atoms with van der Waals surface area (Å²) in [6.07, 6.45) is 1.19. The lowest BCUT2D eigenvalue weighted by molar-refractivity contribution is -0.124. The van der Waals surface area contributed by atoms with Gasteiger partial charge in [0.05, 0.1) is 18.0 Å². The number of amides is 1. The van der Waals surface area contributed by atoms with Crippen molar-refractivity contribution in [2.75, 3.05) is 34.3 Å². The van der Waals surface area contributed by atoms with Gasteiger partial charge in [0.1, 0.15) is 11.8 Å². The van der Waals surface area contributed by atoms with Crippen LogP contribution in [-0.4, -0.2) is 63.9 Å². The van der Waals surface area contributed by atoms with Crippen LogP contribution in [0.4, 0.5) is 0 Å². The van der Waals surface area contributed by atoms with Gasteiger partial charge in [-0.25, -0.2) is 8.42 Å². The molecule has 1 unspecified atom stereocenters. The van der Waals surface area contributed by atoms with Crippen molar-refractivity contribution in [1.82, 2.24) is 14.5 Å². The lowest BCUT2D eigenvalue weighted by atomic mass is 10.1. The first-order chi connectivity index (χ1) is 14.7. The largest absolute Gasteiger partial charge is 0.497 e. The van der Waals surface area contributed by atoms with E-state index >= 15 is 0 Å². The zero-order chi connectivity index (χ0) is 22.6. The lowest BCUT2D eigenvalue weighted by Crippen LogP contribution is -2.47. The van der Waals surface area contributed by atoms with Gasteiger partial charge in [-0.15, -0.1) is 0 Å². The second-order valence-electron chi connectivity index (χ2n) is 8.08. The van der Waals surface area contributed by atoms with E-state index < -0.39 is 16.1 Å². The lowest BCUT2D eigenvalue weighted by Gasteiger charge is -2.27. The number of aryl methyl sites for hydroxylation is 1. The molecule has 7 nitrogen and oxygen atoms in total. The average molecular weight is 446 g/mol. The number of hydrogen-bond acceptors (Lipinski definition) is 5. The summed E-state index contributed by atoms with van der Waals surface area (Å²) >= 11 is 0. The Bertz CT molecular complexity index is 988. The second kappa shape index (κ2) is 9.80. The van der Waals surface area contributed by atoms with E-state index in [1.807, 2.05) is 50.2 Å². The van der Waals surface area contributed by atoms with E-state index in [9.17, 15) is 13.2 Å². The minimum Gasteiger partial charge on any atom is -0.497 e. The molecule has 0 saturated carbocycles. The number of rotatable bonds is 8. The Kier molecular flexibility index (Phi) is 7.35. The Hall–Kier alpha value is -2.42. The maximum atomic E-state index is 13.1. The molecule has 3 rings (SSSR count). The van der Waals surface area contributed by atoms with Gasteiger partial charge in [0.25, 0.3) is 0 Å². The fourth-order valence-electron chi connectivity index (χ4n) is 3.88. The van der Waals surface area contributed by atoms with Crippen molar-refractivity contribution >= 4 is 15.9 Å². The molecule has 0 aliphatic carbocycles. The van der Waals surface area contributed by atoms with Crippen LogP contribution in [0, 0.1) is 6.92 Å². The quantitative estimate of drug-likeness (QED) is 0.676. The molecule has 168 valence electrons. The third kappa shape index (κ3) is 5.26. The minimum atomic E-state index is -3.72. The minimum absolute atomic E-state index is 0.0431. The van der Waals surface area contributed by atoms with Gasteiger partial charge in [-0.3, -0.25) is 4.79 Å². The smallest absolute Gasteiger partial charge is 0.243 e. The van der Waals surface area contributed by atoms with E-state index in [2.05, 4.69) is 5.32 Å². The average Bonchev–Trinajstić information content (AvgIpc) is 3.25. The highest BCUT2D eigenvalue weighted by Crippen LogP contribution is 2.27. The number of carbonyl (C=O) groups excluding carboxylic acids is 1. The molecule has 1 N–H and O–H groups in total. The van der Waals surface area contributed by atoms with Crippen molar-refractivity contribution in [3.8, 4) is 5.75 Å². The molecule has 2 atom stereocenters. The summed E-state index contributed by atoms with van der Waals surface area (Å²) in [5.41, 5.74) is 2.03. The molecule has 1 fully saturated rings. The highest BCUT2D eigenvalue weighted by Gasteiger charge is 2.39. The fourth-order valence-corrected chi connectivity index (χ4v) is 5.53. The third-order valence-electron chi connectivity index (χ3n) is 5.73. The van der Waals surface area contributed by atoms with E-state index in [-0.39, 0.29) is 16.8 Å². The Balaban J connectivity index is 1.71. The molecule has 1 amide bonds. The third-order valence-corrected chi connectivity index (χ3v) is 7.65. The van der Waals surface area contributed by atoms with Crippen molar-refractivity contribution < 1.29 is 17.9 Å². The number of hydrogen-bond donors (Lipinski definition) is 1. The zero-order valence-corrected chi connectivity index (χ0v) is 19.4. The van der Waals surface area contributed by atoms with E-state index in [0.29, 0.717) is 25.9 Å². The van der Waals surface area contributed by atoms with Crippen LogP contribution in [0.15, 0.2) is 53.4 Å². The van der Waals surface area contributed by atoms with E-state index in [0.717, 1.165) is 16.9 Å². The van der Waals surface area contributed by atoms with Gasteiger partial charge in [-0.1, -0.05) is 29.8 Å². The number of ether oxygens (including phenoxy) is 1. The number of likely N-dealkylation sites (N-methyl/N-ethyl adjacent to an activating group) is 1. The molecule has 2 aromatic carbocycles. The van der Waals surface area contributed by atoms with Crippen LogP contribution in [0.25, 0.3) is 0 Å². The van der Waals surface area contributed by atoms with E-state index in [4.69, 9.17) is 4.74 Å². The summed E-state index contributed by atoms with van der Waals surface area (Å²) in [6.45, 7) is 2.64. The van der Waals surface area contributed by atoms with Crippen LogP contribution in [-0.2, 0) is 14.8 Å². The molecule has 8 heteroatoms. The summed E-state index contributed by atoms with van der Waals surface area (Å²) in [5, 5.41) is 2.98. The molecule has 0 spiro atoms. The fraction of sp³-hybridized carbons (Fsp3) is 0.435. The first-order valence-electron chi connectivity index (χ1n) is 10.4. The van der Waals surface area contributed by atoms with E-state index in [1.165, 1.54) is 4.31 Å². The van der Waals surface area contributed by atoms with Gasteiger partial charge in [-0.05, 0) is 63.7 Å². The van der Waals surface area contributed by atoms with E-state index in [1.54, 1.807) is 31.4 Å². The Morgan fingerprint density at radius 2 is 1.81 bits per heavy atom. The standard InChI is InChI=1S/C23H31N3O4S/c1-17-7-13-20(14-8-17)31(28,29)26-15-5-6-21(26)23(27)24-16-22(25(2)3)18-9-11-19(30-4)12-10-18/h7-14,21-22H,5-6,15-16H2,1-4H3,(H,24,27)/t21-,22?/m0/s1. The highest BCUT2D eigenvalue weighted by atomic mass is 32.2.